The van der Waals surface area contributed by atoms with Gasteiger partial charge >= 0.3 is 0 Å². The summed E-state index contributed by atoms with van der Waals surface area (Å²) in [5.41, 5.74) is 0. The molecule has 2 aliphatic rings. The molecule has 2 aliphatic heterocycles. The van der Waals surface area contributed by atoms with Gasteiger partial charge in [0.05, 0.1) is 0 Å². The van der Waals surface area contributed by atoms with E-state index in [-0.39, 0.29) is 0 Å². The summed E-state index contributed by atoms with van der Waals surface area (Å²) in [6.07, 6.45) is 5.57. The lowest BCUT2D eigenvalue weighted by molar-refractivity contribution is 0.576. The molecule has 0 N–H and O–H groups in total. The molecular weight excluding hydrogens is 86.1 g/mol. The van der Waals surface area contributed by atoms with E-state index in [0.29, 0.717) is 0 Å². The van der Waals surface area contributed by atoms with Gasteiger partial charge in [0.1, 0.15) is 0 Å². The summed E-state index contributed by atoms with van der Waals surface area (Å²) in [5.74, 6) is 0. The lowest BCUT2D eigenvalue weighted by Crippen LogP contribution is -2.08. The van der Waals surface area contributed by atoms with Gasteiger partial charge in [-0.15, -0.1) is 0 Å². The highest BCUT2D eigenvalue weighted by Gasteiger charge is 2.31. The third kappa shape index (κ3) is 0.480. The van der Waals surface area contributed by atoms with Gasteiger partial charge in [-0.1, -0.05) is 0 Å². The van der Waals surface area contributed by atoms with Crippen LogP contribution in [-0.4, -0.2) is 12.1 Å². The third-order valence-electron chi connectivity index (χ3n) is 2.09. The van der Waals surface area contributed by atoms with E-state index in [0.717, 1.165) is 12.1 Å². The highest BCUT2D eigenvalue weighted by atomic mass is 15.0. The van der Waals surface area contributed by atoms with Crippen molar-refractivity contribution in [2.45, 2.75) is 37.8 Å². The second-order valence-corrected chi connectivity index (χ2v) is 2.61. The van der Waals surface area contributed by atoms with Crippen LogP contribution in [-0.2, 0) is 0 Å². The van der Waals surface area contributed by atoms with Crippen molar-refractivity contribution in [1.29, 1.82) is 0 Å². The summed E-state index contributed by atoms with van der Waals surface area (Å²) in [7, 11) is 0. The Balaban J connectivity index is 2.12. The minimum Gasteiger partial charge on any atom is -0.235 e. The Bertz CT molecular complexity index is 62.2. The minimum atomic E-state index is 0.796. The molecule has 1 nitrogen and oxygen atoms in total. The van der Waals surface area contributed by atoms with Gasteiger partial charge in [0.15, 0.2) is 0 Å². The maximum atomic E-state index is 4.50. The van der Waals surface area contributed by atoms with E-state index in [4.69, 9.17) is 0 Å². The van der Waals surface area contributed by atoms with Gasteiger partial charge in [-0.2, -0.15) is 0 Å². The van der Waals surface area contributed by atoms with Gasteiger partial charge in [0.2, 0.25) is 0 Å². The summed E-state index contributed by atoms with van der Waals surface area (Å²) in [6, 6.07) is 1.59. The highest BCUT2D eigenvalue weighted by molar-refractivity contribution is 4.90. The van der Waals surface area contributed by atoms with Crippen molar-refractivity contribution in [3.05, 3.63) is 0 Å². The van der Waals surface area contributed by atoms with Crippen LogP contribution >= 0.6 is 0 Å². The lowest BCUT2D eigenvalue weighted by atomic mass is 10.0. The fourth-order valence-electron chi connectivity index (χ4n) is 1.65. The fourth-order valence-corrected chi connectivity index (χ4v) is 1.65. The molecule has 1 radical (unpaired) electrons. The van der Waals surface area contributed by atoms with Crippen LogP contribution in [0.4, 0.5) is 0 Å². The number of fused-ring (bicyclic) bond motifs is 2. The topological polar surface area (TPSA) is 14.1 Å². The van der Waals surface area contributed by atoms with E-state index < -0.39 is 0 Å². The Morgan fingerprint density at radius 1 is 0.857 bits per heavy atom. The van der Waals surface area contributed by atoms with Gasteiger partial charge in [-0.05, 0) is 25.7 Å². The fraction of sp³-hybridized carbons (Fsp3) is 1.00. The first-order chi connectivity index (χ1) is 3.45. The molecule has 2 heterocycles. The Labute approximate surface area is 44.1 Å². The van der Waals surface area contributed by atoms with Crippen LogP contribution in [0.25, 0.3) is 0 Å². The van der Waals surface area contributed by atoms with Crippen LogP contribution in [0.5, 0.6) is 0 Å². The van der Waals surface area contributed by atoms with Gasteiger partial charge in [-0.3, -0.25) is 0 Å². The van der Waals surface area contributed by atoms with Gasteiger partial charge < -0.3 is 0 Å². The zero-order valence-corrected chi connectivity index (χ0v) is 4.43. The SMILES string of the molecule is C1CC2CCC1[N]2. The van der Waals surface area contributed by atoms with E-state index in [1.54, 1.807) is 0 Å². The number of hydrogen-bond donors (Lipinski definition) is 0. The van der Waals surface area contributed by atoms with E-state index >= 15 is 0 Å². The molecular formula is C6H10N. The van der Waals surface area contributed by atoms with Crippen LogP contribution in [0, 0.1) is 0 Å². The lowest BCUT2D eigenvalue weighted by Gasteiger charge is -2.01. The molecule has 0 spiro atoms. The zero-order chi connectivity index (χ0) is 4.69. The Kier molecular flexibility index (Phi) is 0.680. The minimum absolute atomic E-state index is 0.796. The first kappa shape index (κ1) is 3.90. The largest absolute Gasteiger partial charge is 0.235 e. The van der Waals surface area contributed by atoms with Crippen LogP contribution in [0.15, 0.2) is 0 Å². The predicted molar refractivity (Wildman–Crippen MR) is 28.2 cm³/mol. The van der Waals surface area contributed by atoms with Crippen molar-refractivity contribution in [1.82, 2.24) is 5.32 Å². The third-order valence-corrected chi connectivity index (χ3v) is 2.09. The Hall–Kier alpha value is -0.0400. The van der Waals surface area contributed by atoms with Gasteiger partial charge in [0.25, 0.3) is 0 Å². The zero-order valence-electron chi connectivity index (χ0n) is 4.43. The maximum Gasteiger partial charge on any atom is 0.0250 e. The molecule has 7 heavy (non-hydrogen) atoms. The molecule has 0 amide bonds. The number of rotatable bonds is 0. The molecule has 0 atom stereocenters. The molecule has 2 fully saturated rings. The predicted octanol–water partition coefficient (Wildman–Crippen LogP) is 0.916. The molecule has 39 valence electrons. The highest BCUT2D eigenvalue weighted by Crippen LogP contribution is 2.28. The van der Waals surface area contributed by atoms with E-state index in [1.807, 2.05) is 0 Å². The first-order valence-corrected chi connectivity index (χ1v) is 3.15. The second kappa shape index (κ2) is 1.22. The molecule has 0 aliphatic carbocycles. The van der Waals surface area contributed by atoms with Gasteiger partial charge in [0, 0.05) is 12.1 Å². The van der Waals surface area contributed by atoms with E-state index in [1.165, 1.54) is 25.7 Å². The number of nitrogens with zero attached hydrogens (tertiary/aromatic N) is 1. The van der Waals surface area contributed by atoms with Gasteiger partial charge in [-0.25, -0.2) is 5.32 Å². The molecule has 0 saturated carbocycles. The molecule has 0 aromatic rings. The summed E-state index contributed by atoms with van der Waals surface area (Å²) < 4.78 is 0. The van der Waals surface area contributed by atoms with Crippen LogP contribution in [0.3, 0.4) is 0 Å². The molecule has 2 bridgehead atoms. The summed E-state index contributed by atoms with van der Waals surface area (Å²) in [5, 5.41) is 4.50. The van der Waals surface area contributed by atoms with Crippen LogP contribution < -0.4 is 5.32 Å². The van der Waals surface area contributed by atoms with Crippen molar-refractivity contribution in [2.75, 3.05) is 0 Å². The van der Waals surface area contributed by atoms with Crippen molar-refractivity contribution in [2.24, 2.45) is 0 Å². The smallest absolute Gasteiger partial charge is 0.0250 e. The Morgan fingerprint density at radius 3 is 1.43 bits per heavy atom. The normalized spacial score (nSPS) is 48.0. The standard InChI is InChI=1S/C6H10N/c1-2-6-4-3-5(1)7-6/h5-6H,1-4H2. The summed E-state index contributed by atoms with van der Waals surface area (Å²) in [6.45, 7) is 0. The Morgan fingerprint density at radius 2 is 1.29 bits per heavy atom. The summed E-state index contributed by atoms with van der Waals surface area (Å²) in [4.78, 5) is 0. The van der Waals surface area contributed by atoms with E-state index in [2.05, 4.69) is 5.32 Å². The van der Waals surface area contributed by atoms with E-state index in [9.17, 15) is 0 Å². The molecule has 2 saturated heterocycles. The van der Waals surface area contributed by atoms with Crippen LogP contribution in [0.2, 0.25) is 0 Å². The van der Waals surface area contributed by atoms with Crippen LogP contribution in [0.1, 0.15) is 25.7 Å². The van der Waals surface area contributed by atoms with Crippen molar-refractivity contribution in [3.63, 3.8) is 0 Å². The average Bonchev–Trinajstić information content (AvgIpc) is 2.22. The number of hydrogen-bond acceptors (Lipinski definition) is 0. The molecule has 1 heteroatoms. The molecule has 0 unspecified atom stereocenters. The van der Waals surface area contributed by atoms with Crippen molar-refractivity contribution >= 4 is 0 Å². The molecule has 0 aromatic carbocycles. The second-order valence-electron chi connectivity index (χ2n) is 2.61. The monoisotopic (exact) mass is 96.1 g/mol. The summed E-state index contributed by atoms with van der Waals surface area (Å²) >= 11 is 0. The molecule has 2 rings (SSSR count). The van der Waals surface area contributed by atoms with Crippen molar-refractivity contribution < 1.29 is 0 Å². The average molecular weight is 96.2 g/mol. The quantitative estimate of drug-likeness (QED) is 0.425. The maximum absolute atomic E-state index is 4.50. The van der Waals surface area contributed by atoms with Crippen molar-refractivity contribution in [3.8, 4) is 0 Å². The first-order valence-electron chi connectivity index (χ1n) is 3.15. The molecule has 0 aromatic heterocycles.